The van der Waals surface area contributed by atoms with Crippen LogP contribution in [0, 0.1) is 0 Å². The van der Waals surface area contributed by atoms with Gasteiger partial charge in [0.15, 0.2) is 0 Å². The lowest BCUT2D eigenvalue weighted by atomic mass is 10.1. The van der Waals surface area contributed by atoms with Gasteiger partial charge in [-0.15, -0.1) is 0 Å². The predicted molar refractivity (Wildman–Crippen MR) is 77.2 cm³/mol. The highest BCUT2D eigenvalue weighted by atomic mass is 32.1. The summed E-state index contributed by atoms with van der Waals surface area (Å²) in [5.74, 6) is -0.795. The summed E-state index contributed by atoms with van der Waals surface area (Å²) < 4.78 is 0. The summed E-state index contributed by atoms with van der Waals surface area (Å²) in [5, 5.41) is 13.3. The van der Waals surface area contributed by atoms with E-state index in [9.17, 15) is 9.90 Å². The van der Waals surface area contributed by atoms with E-state index in [0.29, 0.717) is 13.1 Å². The fourth-order valence-electron chi connectivity index (χ4n) is 2.14. The molecule has 0 radical (unpaired) electrons. The first-order valence-corrected chi connectivity index (χ1v) is 7.19. The third-order valence-corrected chi connectivity index (χ3v) is 3.79. The van der Waals surface area contributed by atoms with E-state index in [-0.39, 0.29) is 0 Å². The zero-order chi connectivity index (χ0) is 13.7. The van der Waals surface area contributed by atoms with Crippen LogP contribution in [-0.4, -0.2) is 22.5 Å². The predicted octanol–water partition coefficient (Wildman–Crippen LogP) is 3.40. The highest BCUT2D eigenvalue weighted by molar-refractivity contribution is 7.08. The molecule has 0 fully saturated rings. The molecule has 0 spiro atoms. The van der Waals surface area contributed by atoms with Crippen molar-refractivity contribution in [3.05, 3.63) is 58.3 Å². The van der Waals surface area contributed by atoms with Crippen LogP contribution >= 0.6 is 11.3 Å². The largest absolute Gasteiger partial charge is 0.480 e. The van der Waals surface area contributed by atoms with Crippen LogP contribution in [0.4, 0.5) is 0 Å². The molecular weight excluding hydrogens is 258 g/mol. The lowest BCUT2D eigenvalue weighted by Gasteiger charge is -2.27. The molecule has 1 N–H and O–H groups in total. The van der Waals surface area contributed by atoms with Crippen LogP contribution in [0.5, 0.6) is 0 Å². The fraction of sp³-hybridized carbons (Fsp3) is 0.267. The molecule has 2 aromatic rings. The van der Waals surface area contributed by atoms with E-state index in [1.54, 1.807) is 0 Å². The van der Waals surface area contributed by atoms with Gasteiger partial charge in [0.05, 0.1) is 0 Å². The van der Waals surface area contributed by atoms with Gasteiger partial charge in [0.2, 0.25) is 0 Å². The third-order valence-electron chi connectivity index (χ3n) is 3.09. The van der Waals surface area contributed by atoms with Gasteiger partial charge in [-0.3, -0.25) is 9.69 Å². The Balaban J connectivity index is 2.21. The number of thiophene rings is 1. The number of nitrogens with zero attached hydrogens (tertiary/aromatic N) is 1. The first-order valence-electron chi connectivity index (χ1n) is 6.25. The quantitative estimate of drug-likeness (QED) is 0.878. The lowest BCUT2D eigenvalue weighted by Crippen LogP contribution is -2.33. The highest BCUT2D eigenvalue weighted by Crippen LogP contribution is 2.25. The van der Waals surface area contributed by atoms with E-state index in [4.69, 9.17) is 0 Å². The summed E-state index contributed by atoms with van der Waals surface area (Å²) in [6.07, 6.45) is 0. The van der Waals surface area contributed by atoms with Crippen molar-refractivity contribution in [3.63, 3.8) is 0 Å². The number of carboxylic acid groups (broad SMARTS) is 1. The fourth-order valence-corrected chi connectivity index (χ4v) is 2.82. The van der Waals surface area contributed by atoms with E-state index in [2.05, 4.69) is 0 Å². The topological polar surface area (TPSA) is 40.5 Å². The van der Waals surface area contributed by atoms with Gasteiger partial charge >= 0.3 is 5.97 Å². The highest BCUT2D eigenvalue weighted by Gasteiger charge is 2.26. The first-order chi connectivity index (χ1) is 9.22. The molecule has 0 bridgehead atoms. The van der Waals surface area contributed by atoms with Crippen molar-refractivity contribution in [3.8, 4) is 0 Å². The normalized spacial score (nSPS) is 12.5. The Kier molecular flexibility index (Phi) is 4.71. The minimum Gasteiger partial charge on any atom is -0.480 e. The van der Waals surface area contributed by atoms with Crippen LogP contribution in [0.2, 0.25) is 0 Å². The first kappa shape index (κ1) is 13.8. The number of benzene rings is 1. The summed E-state index contributed by atoms with van der Waals surface area (Å²) in [6.45, 7) is 3.33. The van der Waals surface area contributed by atoms with Gasteiger partial charge in [0, 0.05) is 6.54 Å². The molecule has 100 valence electrons. The van der Waals surface area contributed by atoms with Crippen molar-refractivity contribution < 1.29 is 9.90 Å². The molecule has 1 heterocycles. The van der Waals surface area contributed by atoms with Crippen LogP contribution in [0.25, 0.3) is 0 Å². The van der Waals surface area contributed by atoms with E-state index >= 15 is 0 Å². The van der Waals surface area contributed by atoms with Crippen molar-refractivity contribution in [1.82, 2.24) is 4.90 Å². The molecule has 1 aromatic carbocycles. The Morgan fingerprint density at radius 2 is 2.05 bits per heavy atom. The van der Waals surface area contributed by atoms with Crippen LogP contribution in [0.15, 0.2) is 47.2 Å². The molecule has 0 amide bonds. The molecular formula is C15H17NO2S. The van der Waals surface area contributed by atoms with E-state index in [1.165, 1.54) is 11.3 Å². The van der Waals surface area contributed by atoms with Gasteiger partial charge in [-0.2, -0.15) is 11.3 Å². The number of hydrogen-bond donors (Lipinski definition) is 1. The maximum absolute atomic E-state index is 11.6. The molecule has 2 rings (SSSR count). The lowest BCUT2D eigenvalue weighted by molar-refractivity contribution is -0.143. The number of rotatable bonds is 6. The molecule has 1 unspecified atom stereocenters. The smallest absolute Gasteiger partial charge is 0.325 e. The van der Waals surface area contributed by atoms with Gasteiger partial charge < -0.3 is 5.11 Å². The number of carboxylic acids is 1. The Morgan fingerprint density at radius 1 is 1.32 bits per heavy atom. The van der Waals surface area contributed by atoms with Crippen molar-refractivity contribution >= 4 is 17.3 Å². The summed E-state index contributed by atoms with van der Waals surface area (Å²) in [7, 11) is 0. The van der Waals surface area contributed by atoms with Gasteiger partial charge in [0.1, 0.15) is 6.04 Å². The molecule has 0 aliphatic heterocycles. The maximum Gasteiger partial charge on any atom is 0.325 e. The average molecular weight is 275 g/mol. The Morgan fingerprint density at radius 3 is 2.58 bits per heavy atom. The van der Waals surface area contributed by atoms with E-state index in [0.717, 1.165) is 11.1 Å². The van der Waals surface area contributed by atoms with Crippen LogP contribution in [-0.2, 0) is 11.3 Å². The van der Waals surface area contributed by atoms with Crippen molar-refractivity contribution in [1.29, 1.82) is 0 Å². The molecule has 0 aliphatic rings. The van der Waals surface area contributed by atoms with Crippen LogP contribution in [0.3, 0.4) is 0 Å². The summed E-state index contributed by atoms with van der Waals surface area (Å²) in [4.78, 5) is 13.5. The van der Waals surface area contributed by atoms with Crippen molar-refractivity contribution in [2.45, 2.75) is 19.5 Å². The molecule has 3 nitrogen and oxygen atoms in total. The Labute approximate surface area is 117 Å². The molecule has 0 aliphatic carbocycles. The summed E-state index contributed by atoms with van der Waals surface area (Å²) in [5.41, 5.74) is 1.99. The van der Waals surface area contributed by atoms with Crippen molar-refractivity contribution in [2.75, 3.05) is 6.54 Å². The Bertz CT molecular complexity index is 510. The van der Waals surface area contributed by atoms with Crippen LogP contribution in [0.1, 0.15) is 24.1 Å². The number of likely N-dealkylation sites (N-methyl/N-ethyl adjacent to an activating group) is 1. The SMILES string of the molecule is CCN(Cc1ccccc1)C(C(=O)O)c1ccsc1. The molecule has 0 saturated heterocycles. The maximum atomic E-state index is 11.6. The molecule has 1 aromatic heterocycles. The van der Waals surface area contributed by atoms with Gasteiger partial charge in [-0.25, -0.2) is 0 Å². The van der Waals surface area contributed by atoms with Gasteiger partial charge in [0.25, 0.3) is 0 Å². The second kappa shape index (κ2) is 6.50. The Hall–Kier alpha value is -1.65. The van der Waals surface area contributed by atoms with E-state index < -0.39 is 12.0 Å². The van der Waals surface area contributed by atoms with Gasteiger partial charge in [-0.1, -0.05) is 37.3 Å². The molecule has 19 heavy (non-hydrogen) atoms. The summed E-state index contributed by atoms with van der Waals surface area (Å²) in [6, 6.07) is 11.3. The minimum atomic E-state index is -0.795. The number of aliphatic carboxylic acids is 1. The average Bonchev–Trinajstić information content (AvgIpc) is 2.92. The molecule has 4 heteroatoms. The number of hydrogen-bond acceptors (Lipinski definition) is 3. The zero-order valence-electron chi connectivity index (χ0n) is 10.8. The second-order valence-electron chi connectivity index (χ2n) is 4.35. The minimum absolute atomic E-state index is 0.573. The second-order valence-corrected chi connectivity index (χ2v) is 5.13. The molecule has 1 atom stereocenters. The standard InChI is InChI=1S/C15H17NO2S/c1-2-16(10-12-6-4-3-5-7-12)14(15(17)18)13-8-9-19-11-13/h3-9,11,14H,2,10H2,1H3,(H,17,18). The van der Waals surface area contributed by atoms with Crippen molar-refractivity contribution in [2.24, 2.45) is 0 Å². The van der Waals surface area contributed by atoms with Gasteiger partial charge in [-0.05, 0) is 34.5 Å². The monoisotopic (exact) mass is 275 g/mol. The van der Waals surface area contributed by atoms with E-state index in [1.807, 2.05) is 59.0 Å². The number of carbonyl (C=O) groups is 1. The molecule has 0 saturated carbocycles. The summed E-state index contributed by atoms with van der Waals surface area (Å²) >= 11 is 1.53. The zero-order valence-corrected chi connectivity index (χ0v) is 11.6. The van der Waals surface area contributed by atoms with Crippen LogP contribution < -0.4 is 0 Å². The third kappa shape index (κ3) is 3.43.